The van der Waals surface area contributed by atoms with Gasteiger partial charge in [0.15, 0.2) is 0 Å². The summed E-state index contributed by atoms with van der Waals surface area (Å²) in [5, 5.41) is 0. The third-order valence-corrected chi connectivity index (χ3v) is 2.58. The predicted molar refractivity (Wildman–Crippen MR) is 56.1 cm³/mol. The molecule has 0 aliphatic rings. The van der Waals surface area contributed by atoms with Crippen LogP contribution >= 0.6 is 0 Å². The van der Waals surface area contributed by atoms with E-state index in [2.05, 4.69) is 40.7 Å². The first kappa shape index (κ1) is 10.4. The fourth-order valence-corrected chi connectivity index (χ4v) is 1.21. The van der Waals surface area contributed by atoms with Crippen LogP contribution in [0.5, 0.6) is 0 Å². The van der Waals surface area contributed by atoms with Crippen LogP contribution in [0.2, 0.25) is 0 Å². The summed E-state index contributed by atoms with van der Waals surface area (Å²) in [4.78, 5) is 0. The average Bonchev–Trinajstić information content (AvgIpc) is 2.50. The van der Waals surface area contributed by atoms with Crippen molar-refractivity contribution < 1.29 is 4.42 Å². The van der Waals surface area contributed by atoms with Gasteiger partial charge in [-0.05, 0) is 23.5 Å². The van der Waals surface area contributed by atoms with Gasteiger partial charge in [-0.15, -0.1) is 0 Å². The van der Waals surface area contributed by atoms with Crippen molar-refractivity contribution in [2.75, 3.05) is 0 Å². The van der Waals surface area contributed by atoms with Gasteiger partial charge in [-0.3, -0.25) is 0 Å². The van der Waals surface area contributed by atoms with Crippen molar-refractivity contribution in [3.63, 3.8) is 0 Å². The summed E-state index contributed by atoms with van der Waals surface area (Å²) in [5.41, 5.74) is 1.50. The molecule has 0 N–H and O–H groups in total. The van der Waals surface area contributed by atoms with Crippen molar-refractivity contribution in [2.45, 2.75) is 52.4 Å². The molecule has 1 heterocycles. The Balaban J connectivity index is 2.87. The van der Waals surface area contributed by atoms with Crippen molar-refractivity contribution in [3.05, 3.63) is 23.7 Å². The molecule has 1 atom stereocenters. The molecule has 13 heavy (non-hydrogen) atoms. The Kier molecular flexibility index (Phi) is 2.84. The summed E-state index contributed by atoms with van der Waals surface area (Å²) >= 11 is 0. The molecule has 0 amide bonds. The van der Waals surface area contributed by atoms with E-state index in [9.17, 15) is 0 Å². The number of rotatable bonds is 2. The highest BCUT2D eigenvalue weighted by atomic mass is 16.3. The molecule has 0 fully saturated rings. The Labute approximate surface area is 81.1 Å². The number of furan rings is 1. The van der Waals surface area contributed by atoms with Crippen LogP contribution in [0.15, 0.2) is 16.7 Å². The predicted octanol–water partition coefficient (Wildman–Crippen LogP) is 4.09. The van der Waals surface area contributed by atoms with Crippen molar-refractivity contribution in [1.29, 1.82) is 0 Å². The fraction of sp³-hybridized carbons (Fsp3) is 0.667. The maximum atomic E-state index is 5.54. The molecule has 0 bridgehead atoms. The number of hydrogen-bond donors (Lipinski definition) is 0. The summed E-state index contributed by atoms with van der Waals surface area (Å²) in [6.07, 6.45) is 3.03. The van der Waals surface area contributed by atoms with Gasteiger partial charge in [0.1, 0.15) is 5.76 Å². The molecule has 1 aromatic rings. The lowest BCUT2D eigenvalue weighted by Gasteiger charge is -2.14. The standard InChI is InChI=1S/C12H20O/c1-6-9(2)11-7-10(8-13-11)12(3,4)5/h7-9H,6H2,1-5H3/t9-/m1/s1. The molecule has 0 saturated heterocycles. The van der Waals surface area contributed by atoms with Gasteiger partial charge in [0.2, 0.25) is 0 Å². The monoisotopic (exact) mass is 180 g/mol. The lowest BCUT2D eigenvalue weighted by atomic mass is 9.88. The van der Waals surface area contributed by atoms with Crippen LogP contribution in [0.1, 0.15) is 58.3 Å². The van der Waals surface area contributed by atoms with E-state index in [4.69, 9.17) is 4.42 Å². The van der Waals surface area contributed by atoms with Crippen LogP contribution in [-0.4, -0.2) is 0 Å². The SMILES string of the molecule is CC[C@@H](C)c1cc(C(C)(C)C)co1. The second-order valence-electron chi connectivity index (χ2n) is 4.80. The molecule has 1 heteroatoms. The van der Waals surface area contributed by atoms with E-state index in [1.54, 1.807) is 0 Å². The van der Waals surface area contributed by atoms with E-state index in [1.807, 2.05) is 6.26 Å². The van der Waals surface area contributed by atoms with Gasteiger partial charge in [0, 0.05) is 5.92 Å². The first-order valence-electron chi connectivity index (χ1n) is 5.04. The fourth-order valence-electron chi connectivity index (χ4n) is 1.21. The largest absolute Gasteiger partial charge is 0.469 e. The van der Waals surface area contributed by atoms with E-state index in [0.717, 1.165) is 12.2 Å². The second-order valence-corrected chi connectivity index (χ2v) is 4.80. The molecule has 1 aromatic heterocycles. The minimum atomic E-state index is 0.204. The van der Waals surface area contributed by atoms with Crippen LogP contribution in [0, 0.1) is 0 Å². The topological polar surface area (TPSA) is 13.1 Å². The van der Waals surface area contributed by atoms with E-state index in [-0.39, 0.29) is 5.41 Å². The Bertz CT molecular complexity index is 265. The molecule has 0 aromatic carbocycles. The van der Waals surface area contributed by atoms with Gasteiger partial charge in [-0.1, -0.05) is 34.6 Å². The molecular formula is C12H20O. The van der Waals surface area contributed by atoms with E-state index < -0.39 is 0 Å². The maximum Gasteiger partial charge on any atom is 0.106 e. The Hall–Kier alpha value is -0.720. The van der Waals surface area contributed by atoms with Crippen LogP contribution < -0.4 is 0 Å². The minimum absolute atomic E-state index is 0.204. The van der Waals surface area contributed by atoms with Gasteiger partial charge < -0.3 is 4.42 Å². The molecule has 0 saturated carbocycles. The molecule has 1 nitrogen and oxygen atoms in total. The van der Waals surface area contributed by atoms with Gasteiger partial charge in [0.05, 0.1) is 6.26 Å². The highest BCUT2D eigenvalue weighted by Gasteiger charge is 2.18. The minimum Gasteiger partial charge on any atom is -0.469 e. The van der Waals surface area contributed by atoms with Crippen LogP contribution in [0.4, 0.5) is 0 Å². The Morgan fingerprint density at radius 2 is 2.00 bits per heavy atom. The van der Waals surface area contributed by atoms with Gasteiger partial charge in [-0.2, -0.15) is 0 Å². The van der Waals surface area contributed by atoms with Crippen molar-refractivity contribution in [1.82, 2.24) is 0 Å². The first-order chi connectivity index (χ1) is 5.95. The summed E-state index contributed by atoms with van der Waals surface area (Å²) in [5.74, 6) is 1.66. The van der Waals surface area contributed by atoms with Crippen LogP contribution in [0.25, 0.3) is 0 Å². The van der Waals surface area contributed by atoms with Crippen LogP contribution in [-0.2, 0) is 5.41 Å². The number of hydrogen-bond acceptors (Lipinski definition) is 1. The maximum absolute atomic E-state index is 5.54. The first-order valence-corrected chi connectivity index (χ1v) is 5.04. The average molecular weight is 180 g/mol. The van der Waals surface area contributed by atoms with Gasteiger partial charge in [-0.25, -0.2) is 0 Å². The van der Waals surface area contributed by atoms with Crippen molar-refractivity contribution >= 4 is 0 Å². The Morgan fingerprint density at radius 1 is 1.38 bits per heavy atom. The molecule has 0 unspecified atom stereocenters. The summed E-state index contributed by atoms with van der Waals surface area (Å²) in [7, 11) is 0. The smallest absolute Gasteiger partial charge is 0.106 e. The van der Waals surface area contributed by atoms with E-state index in [1.165, 1.54) is 5.56 Å². The normalized spacial score (nSPS) is 14.5. The van der Waals surface area contributed by atoms with E-state index >= 15 is 0 Å². The molecule has 74 valence electrons. The lowest BCUT2D eigenvalue weighted by molar-refractivity contribution is 0.463. The molecule has 0 radical (unpaired) electrons. The zero-order valence-electron chi connectivity index (χ0n) is 9.35. The molecule has 1 rings (SSSR count). The third kappa shape index (κ3) is 2.36. The van der Waals surface area contributed by atoms with Gasteiger partial charge >= 0.3 is 0 Å². The van der Waals surface area contributed by atoms with E-state index in [0.29, 0.717) is 5.92 Å². The molecular weight excluding hydrogens is 160 g/mol. The third-order valence-electron chi connectivity index (χ3n) is 2.58. The lowest BCUT2D eigenvalue weighted by Crippen LogP contribution is -2.09. The quantitative estimate of drug-likeness (QED) is 0.668. The van der Waals surface area contributed by atoms with Crippen molar-refractivity contribution in [3.8, 4) is 0 Å². The highest BCUT2D eigenvalue weighted by molar-refractivity contribution is 5.22. The Morgan fingerprint density at radius 3 is 2.38 bits per heavy atom. The molecule has 0 spiro atoms. The summed E-state index contributed by atoms with van der Waals surface area (Å²) in [6, 6.07) is 2.19. The molecule has 0 aliphatic carbocycles. The summed E-state index contributed by atoms with van der Waals surface area (Å²) < 4.78 is 5.54. The van der Waals surface area contributed by atoms with Crippen LogP contribution in [0.3, 0.4) is 0 Å². The zero-order chi connectivity index (χ0) is 10.1. The van der Waals surface area contributed by atoms with Crippen molar-refractivity contribution in [2.24, 2.45) is 0 Å². The summed E-state index contributed by atoms with van der Waals surface area (Å²) in [6.45, 7) is 11.0. The highest BCUT2D eigenvalue weighted by Crippen LogP contribution is 2.28. The zero-order valence-corrected chi connectivity index (χ0v) is 9.35. The second kappa shape index (κ2) is 3.57. The molecule has 0 aliphatic heterocycles. The van der Waals surface area contributed by atoms with Gasteiger partial charge in [0.25, 0.3) is 0 Å².